The van der Waals surface area contributed by atoms with Gasteiger partial charge in [-0.25, -0.2) is 4.98 Å². The largest absolute Gasteiger partial charge is 0.319 e. The molecule has 3 heteroatoms. The van der Waals surface area contributed by atoms with Crippen molar-refractivity contribution in [2.24, 2.45) is 5.73 Å². The summed E-state index contributed by atoms with van der Waals surface area (Å²) in [6.07, 6.45) is 2.14. The summed E-state index contributed by atoms with van der Waals surface area (Å²) < 4.78 is 13.9. The monoisotopic (exact) mass is 242 g/mol. The van der Waals surface area contributed by atoms with Gasteiger partial charge in [-0.3, -0.25) is 0 Å². The number of hydrogen-bond acceptors (Lipinski definition) is 2. The van der Waals surface area contributed by atoms with E-state index in [1.165, 1.54) is 0 Å². The lowest BCUT2D eigenvalue weighted by atomic mass is 10.0. The van der Waals surface area contributed by atoms with Crippen LogP contribution in [0.2, 0.25) is 0 Å². The lowest BCUT2D eigenvalue weighted by Gasteiger charge is -2.12. The van der Waals surface area contributed by atoms with Crippen LogP contribution in [0.1, 0.15) is 41.6 Å². The number of benzene rings is 1. The second-order valence-corrected chi connectivity index (χ2v) is 4.78. The Bertz CT molecular complexity index is 550. The molecule has 1 aromatic heterocycles. The summed E-state index contributed by atoms with van der Waals surface area (Å²) in [5.74, 6) is 0.0147. The normalized spacial score (nSPS) is 16.6. The molecule has 1 aliphatic carbocycles. The second kappa shape index (κ2) is 4.50. The Balaban J connectivity index is 1.90. The van der Waals surface area contributed by atoms with Crippen LogP contribution in [0.3, 0.4) is 0 Å². The molecule has 3 rings (SSSR count). The molecule has 2 N–H and O–H groups in total. The molecule has 1 fully saturated rings. The molecule has 1 heterocycles. The highest BCUT2D eigenvalue weighted by Crippen LogP contribution is 2.41. The highest BCUT2D eigenvalue weighted by atomic mass is 19.1. The fraction of sp³-hybridized carbons (Fsp3) is 0.267. The van der Waals surface area contributed by atoms with Gasteiger partial charge in [0, 0.05) is 5.56 Å². The quantitative estimate of drug-likeness (QED) is 0.840. The molecule has 1 atom stereocenters. The van der Waals surface area contributed by atoms with Gasteiger partial charge in [0.15, 0.2) is 0 Å². The number of nitrogens with zero attached hydrogens (tertiary/aromatic N) is 1. The van der Waals surface area contributed by atoms with E-state index in [0.29, 0.717) is 11.6 Å². The number of pyridine rings is 1. The molecule has 2 aromatic rings. The first-order chi connectivity index (χ1) is 8.75. The molecule has 0 spiro atoms. The van der Waals surface area contributed by atoms with E-state index in [1.54, 1.807) is 0 Å². The van der Waals surface area contributed by atoms with Crippen molar-refractivity contribution in [2.45, 2.75) is 24.8 Å². The average Bonchev–Trinajstić information content (AvgIpc) is 3.23. The van der Waals surface area contributed by atoms with E-state index in [0.717, 1.165) is 24.0 Å². The second-order valence-electron chi connectivity index (χ2n) is 4.78. The first-order valence-electron chi connectivity index (χ1n) is 6.22. The fourth-order valence-corrected chi connectivity index (χ4v) is 2.16. The van der Waals surface area contributed by atoms with Gasteiger partial charge in [-0.15, -0.1) is 0 Å². The van der Waals surface area contributed by atoms with Crippen LogP contribution in [0.15, 0.2) is 42.5 Å². The lowest BCUT2D eigenvalue weighted by Crippen LogP contribution is -2.14. The Hall–Kier alpha value is -1.74. The van der Waals surface area contributed by atoms with Gasteiger partial charge >= 0.3 is 0 Å². The average molecular weight is 242 g/mol. The van der Waals surface area contributed by atoms with Gasteiger partial charge in [0.2, 0.25) is 5.95 Å². The van der Waals surface area contributed by atoms with Crippen LogP contribution in [0.4, 0.5) is 4.39 Å². The van der Waals surface area contributed by atoms with Crippen molar-refractivity contribution >= 4 is 0 Å². The molecule has 0 bridgehead atoms. The van der Waals surface area contributed by atoms with E-state index in [4.69, 9.17) is 5.73 Å². The van der Waals surface area contributed by atoms with E-state index in [9.17, 15) is 4.39 Å². The van der Waals surface area contributed by atoms with Crippen LogP contribution < -0.4 is 5.73 Å². The highest BCUT2D eigenvalue weighted by molar-refractivity contribution is 5.30. The molecule has 0 saturated heterocycles. The zero-order valence-corrected chi connectivity index (χ0v) is 10.0. The summed E-state index contributed by atoms with van der Waals surface area (Å²) in [7, 11) is 0. The lowest BCUT2D eigenvalue weighted by molar-refractivity contribution is 0.556. The predicted octanol–water partition coefficient (Wildman–Crippen LogP) is 3.15. The molecule has 1 aromatic carbocycles. The summed E-state index contributed by atoms with van der Waals surface area (Å²) in [6, 6.07) is 12.9. The minimum absolute atomic E-state index is 0.360. The Labute approximate surface area is 106 Å². The molecule has 2 nitrogen and oxygen atoms in total. The Kier molecular flexibility index (Phi) is 2.84. The van der Waals surface area contributed by atoms with Gasteiger partial charge in [-0.05, 0) is 30.4 Å². The van der Waals surface area contributed by atoms with Crippen LogP contribution in [0.5, 0.6) is 0 Å². The minimum atomic E-state index is -0.367. The van der Waals surface area contributed by atoms with E-state index in [2.05, 4.69) is 4.98 Å². The SMILES string of the molecule is NC(c1ccccc1)c1ccc(C2CC2)c(F)n1. The number of aromatic nitrogens is 1. The van der Waals surface area contributed by atoms with Gasteiger partial charge in [0.05, 0.1) is 11.7 Å². The molecule has 0 radical (unpaired) electrons. The standard InChI is InChI=1S/C15H15FN2/c16-15-12(10-6-7-10)8-9-13(18-15)14(17)11-4-2-1-3-5-11/h1-5,8-10,14H,6-7,17H2. The third-order valence-electron chi connectivity index (χ3n) is 3.39. The Morgan fingerprint density at radius 2 is 1.83 bits per heavy atom. The summed E-state index contributed by atoms with van der Waals surface area (Å²) in [5, 5.41) is 0. The summed E-state index contributed by atoms with van der Waals surface area (Å²) in [5.41, 5.74) is 8.37. The van der Waals surface area contributed by atoms with Gasteiger partial charge in [-0.1, -0.05) is 36.4 Å². The fourth-order valence-electron chi connectivity index (χ4n) is 2.16. The molecule has 1 saturated carbocycles. The van der Waals surface area contributed by atoms with Crippen LogP contribution >= 0.6 is 0 Å². The van der Waals surface area contributed by atoms with Gasteiger partial charge in [0.1, 0.15) is 0 Å². The highest BCUT2D eigenvalue weighted by Gasteiger charge is 2.27. The molecule has 18 heavy (non-hydrogen) atoms. The van der Waals surface area contributed by atoms with E-state index >= 15 is 0 Å². The van der Waals surface area contributed by atoms with E-state index in [-0.39, 0.29) is 12.0 Å². The predicted molar refractivity (Wildman–Crippen MR) is 68.6 cm³/mol. The maximum absolute atomic E-state index is 13.9. The third kappa shape index (κ3) is 2.14. The topological polar surface area (TPSA) is 38.9 Å². The number of rotatable bonds is 3. The van der Waals surface area contributed by atoms with Crippen LogP contribution in [0, 0.1) is 5.95 Å². The zero-order chi connectivity index (χ0) is 12.5. The van der Waals surface area contributed by atoms with Crippen LogP contribution in [-0.4, -0.2) is 4.98 Å². The zero-order valence-electron chi connectivity index (χ0n) is 10.0. The van der Waals surface area contributed by atoms with Gasteiger partial charge in [-0.2, -0.15) is 4.39 Å². The number of hydrogen-bond donors (Lipinski definition) is 1. The molecule has 1 aliphatic rings. The molecule has 0 amide bonds. The first kappa shape index (κ1) is 11.4. The summed E-state index contributed by atoms with van der Waals surface area (Å²) in [6.45, 7) is 0. The molecular weight excluding hydrogens is 227 g/mol. The number of halogens is 1. The van der Waals surface area contributed by atoms with E-state index in [1.807, 2.05) is 42.5 Å². The maximum atomic E-state index is 13.9. The van der Waals surface area contributed by atoms with E-state index < -0.39 is 0 Å². The maximum Gasteiger partial charge on any atom is 0.216 e. The van der Waals surface area contributed by atoms with Crippen molar-refractivity contribution in [3.05, 3.63) is 65.2 Å². The molecule has 1 unspecified atom stereocenters. The van der Waals surface area contributed by atoms with Crippen molar-refractivity contribution in [3.63, 3.8) is 0 Å². The summed E-state index contributed by atoms with van der Waals surface area (Å²) in [4.78, 5) is 4.02. The van der Waals surface area contributed by atoms with Crippen molar-refractivity contribution in [1.82, 2.24) is 4.98 Å². The van der Waals surface area contributed by atoms with Crippen molar-refractivity contribution in [2.75, 3.05) is 0 Å². The Morgan fingerprint density at radius 1 is 1.11 bits per heavy atom. The first-order valence-corrected chi connectivity index (χ1v) is 6.22. The van der Waals surface area contributed by atoms with Crippen LogP contribution in [0.25, 0.3) is 0 Å². The summed E-state index contributed by atoms with van der Waals surface area (Å²) >= 11 is 0. The minimum Gasteiger partial charge on any atom is -0.319 e. The smallest absolute Gasteiger partial charge is 0.216 e. The van der Waals surface area contributed by atoms with Crippen LogP contribution in [-0.2, 0) is 0 Å². The van der Waals surface area contributed by atoms with Crippen molar-refractivity contribution in [3.8, 4) is 0 Å². The molecule has 0 aliphatic heterocycles. The third-order valence-corrected chi connectivity index (χ3v) is 3.39. The van der Waals surface area contributed by atoms with Crippen molar-refractivity contribution < 1.29 is 4.39 Å². The van der Waals surface area contributed by atoms with Gasteiger partial charge < -0.3 is 5.73 Å². The molecule has 92 valence electrons. The number of nitrogens with two attached hydrogens (primary N) is 1. The van der Waals surface area contributed by atoms with Gasteiger partial charge in [0.25, 0.3) is 0 Å². The van der Waals surface area contributed by atoms with Crippen molar-refractivity contribution in [1.29, 1.82) is 0 Å². The Morgan fingerprint density at radius 3 is 2.44 bits per heavy atom. The molecular formula is C15H15FN2.